The fourth-order valence-electron chi connectivity index (χ4n) is 1.69. The molecule has 2 N–H and O–H groups in total. The van der Waals surface area contributed by atoms with E-state index in [-0.39, 0.29) is 25.1 Å². The van der Waals surface area contributed by atoms with E-state index in [0.29, 0.717) is 0 Å². The highest BCUT2D eigenvalue weighted by molar-refractivity contribution is 5.27. The van der Waals surface area contributed by atoms with Crippen LogP contribution < -0.4 is 5.32 Å². The number of halogens is 6. The lowest BCUT2D eigenvalue weighted by molar-refractivity contribution is -0.137. The molecule has 0 spiro atoms. The van der Waals surface area contributed by atoms with Gasteiger partial charge in [-0.1, -0.05) is 12.1 Å². The molecule has 0 aliphatic carbocycles. The van der Waals surface area contributed by atoms with E-state index >= 15 is 0 Å². The molecule has 2 nitrogen and oxygen atoms in total. The number of aliphatic hydroxyl groups excluding tert-OH is 1. The second-order valence-corrected chi connectivity index (χ2v) is 4.56. The van der Waals surface area contributed by atoms with Gasteiger partial charge in [0.25, 0.3) is 0 Å². The minimum absolute atomic E-state index is 0.0233. The van der Waals surface area contributed by atoms with Crippen LogP contribution in [0, 0.1) is 0 Å². The third kappa shape index (κ3) is 6.81. The van der Waals surface area contributed by atoms with Gasteiger partial charge in [0.1, 0.15) is 0 Å². The zero-order valence-electron chi connectivity index (χ0n) is 10.9. The number of alkyl halides is 6. The molecular weight excluding hydrogens is 300 g/mol. The van der Waals surface area contributed by atoms with Gasteiger partial charge >= 0.3 is 12.4 Å². The third-order valence-electron chi connectivity index (χ3n) is 2.75. The lowest BCUT2D eigenvalue weighted by Gasteiger charge is -2.14. The predicted molar refractivity (Wildman–Crippen MR) is 64.6 cm³/mol. The molecule has 1 rings (SSSR count). The lowest BCUT2D eigenvalue weighted by atomic mass is 10.1. The number of hydrogen-bond donors (Lipinski definition) is 2. The first kappa shape index (κ1) is 17.8. The number of benzene rings is 1. The Kier molecular flexibility index (Phi) is 6.03. The Hall–Kier alpha value is -1.28. The highest BCUT2D eigenvalue weighted by Gasteiger charge is 2.30. The van der Waals surface area contributed by atoms with Crippen LogP contribution in [0.4, 0.5) is 26.3 Å². The molecular formula is C13H15F6NO. The SMILES string of the molecule is OC(CNCCCC(F)(F)F)c1cccc(C(F)(F)F)c1. The van der Waals surface area contributed by atoms with E-state index in [4.69, 9.17) is 0 Å². The third-order valence-corrected chi connectivity index (χ3v) is 2.75. The molecule has 1 aromatic rings. The number of aliphatic hydroxyl groups is 1. The first-order valence-corrected chi connectivity index (χ1v) is 6.22. The molecule has 21 heavy (non-hydrogen) atoms. The van der Waals surface area contributed by atoms with E-state index in [2.05, 4.69) is 5.32 Å². The van der Waals surface area contributed by atoms with Gasteiger partial charge in [0, 0.05) is 13.0 Å². The van der Waals surface area contributed by atoms with Crippen molar-refractivity contribution < 1.29 is 31.4 Å². The van der Waals surface area contributed by atoms with E-state index in [9.17, 15) is 31.4 Å². The quantitative estimate of drug-likeness (QED) is 0.620. The summed E-state index contributed by atoms with van der Waals surface area (Å²) in [6, 6.07) is 4.21. The van der Waals surface area contributed by atoms with Gasteiger partial charge in [0.05, 0.1) is 11.7 Å². The van der Waals surface area contributed by atoms with Gasteiger partial charge < -0.3 is 10.4 Å². The summed E-state index contributed by atoms with van der Waals surface area (Å²) in [6.45, 7) is -0.0886. The Morgan fingerprint density at radius 3 is 2.33 bits per heavy atom. The first-order chi connectivity index (χ1) is 9.59. The Bertz CT molecular complexity index is 443. The van der Waals surface area contributed by atoms with Crippen LogP contribution in [-0.4, -0.2) is 24.4 Å². The van der Waals surface area contributed by atoms with Crippen molar-refractivity contribution in [3.63, 3.8) is 0 Å². The van der Waals surface area contributed by atoms with Gasteiger partial charge in [0.15, 0.2) is 0 Å². The highest BCUT2D eigenvalue weighted by atomic mass is 19.4. The first-order valence-electron chi connectivity index (χ1n) is 6.22. The summed E-state index contributed by atoms with van der Waals surface area (Å²) < 4.78 is 73.1. The standard InChI is InChI=1S/C13H15F6NO/c14-12(15,16)5-2-6-20-8-11(21)9-3-1-4-10(7-9)13(17,18)19/h1,3-4,7,11,20-21H,2,5-6,8H2. The highest BCUT2D eigenvalue weighted by Crippen LogP contribution is 2.30. The molecule has 0 aliphatic heterocycles. The molecule has 120 valence electrons. The molecule has 1 atom stereocenters. The van der Waals surface area contributed by atoms with Crippen LogP contribution >= 0.6 is 0 Å². The van der Waals surface area contributed by atoms with Crippen LogP contribution in [0.25, 0.3) is 0 Å². The van der Waals surface area contributed by atoms with Crippen molar-refractivity contribution in [2.45, 2.75) is 31.3 Å². The van der Waals surface area contributed by atoms with Crippen molar-refractivity contribution in [2.24, 2.45) is 0 Å². The summed E-state index contributed by atoms with van der Waals surface area (Å²) in [5.41, 5.74) is -0.815. The van der Waals surface area contributed by atoms with Crippen LogP contribution in [0.15, 0.2) is 24.3 Å². The molecule has 0 saturated heterocycles. The van der Waals surface area contributed by atoms with Gasteiger partial charge in [-0.3, -0.25) is 0 Å². The van der Waals surface area contributed by atoms with Crippen molar-refractivity contribution >= 4 is 0 Å². The van der Waals surface area contributed by atoms with Crippen LogP contribution in [0.2, 0.25) is 0 Å². The maximum Gasteiger partial charge on any atom is 0.416 e. The molecule has 8 heteroatoms. The van der Waals surface area contributed by atoms with Gasteiger partial charge in [-0.05, 0) is 30.7 Å². The van der Waals surface area contributed by atoms with E-state index in [1.54, 1.807) is 0 Å². The van der Waals surface area contributed by atoms with Gasteiger partial charge in [0.2, 0.25) is 0 Å². The summed E-state index contributed by atoms with van der Waals surface area (Å²) in [6.07, 6.45) is -11.0. The molecule has 0 aliphatic rings. The molecule has 0 radical (unpaired) electrons. The molecule has 0 bridgehead atoms. The molecule has 1 aromatic carbocycles. The topological polar surface area (TPSA) is 32.3 Å². The number of nitrogens with one attached hydrogen (secondary N) is 1. The minimum Gasteiger partial charge on any atom is -0.387 e. The molecule has 0 amide bonds. The van der Waals surface area contributed by atoms with Gasteiger partial charge in [-0.2, -0.15) is 26.3 Å². The monoisotopic (exact) mass is 315 g/mol. The summed E-state index contributed by atoms with van der Waals surface area (Å²) in [5, 5.41) is 12.3. The summed E-state index contributed by atoms with van der Waals surface area (Å²) in [7, 11) is 0. The number of rotatable bonds is 6. The zero-order chi connectivity index (χ0) is 16.1. The van der Waals surface area contributed by atoms with Crippen LogP contribution in [0.1, 0.15) is 30.1 Å². The number of hydrogen-bond acceptors (Lipinski definition) is 2. The van der Waals surface area contributed by atoms with Crippen molar-refractivity contribution in [2.75, 3.05) is 13.1 Å². The van der Waals surface area contributed by atoms with Crippen LogP contribution in [0.5, 0.6) is 0 Å². The molecule has 0 saturated carbocycles. The molecule has 1 unspecified atom stereocenters. The van der Waals surface area contributed by atoms with Crippen molar-refractivity contribution in [3.05, 3.63) is 35.4 Å². The normalized spacial score (nSPS) is 14.2. The lowest BCUT2D eigenvalue weighted by Crippen LogP contribution is -2.24. The average Bonchev–Trinajstić information content (AvgIpc) is 2.36. The summed E-state index contributed by atoms with van der Waals surface area (Å²) in [5.74, 6) is 0. The van der Waals surface area contributed by atoms with Crippen molar-refractivity contribution in [1.29, 1.82) is 0 Å². The smallest absolute Gasteiger partial charge is 0.387 e. The molecule has 0 fully saturated rings. The Morgan fingerprint density at radius 2 is 1.76 bits per heavy atom. The van der Waals surface area contributed by atoms with Crippen LogP contribution in [0.3, 0.4) is 0 Å². The van der Waals surface area contributed by atoms with Crippen molar-refractivity contribution in [3.8, 4) is 0 Å². The van der Waals surface area contributed by atoms with E-state index in [1.807, 2.05) is 0 Å². The maximum absolute atomic E-state index is 12.5. The Balaban J connectivity index is 2.44. The second kappa shape index (κ2) is 7.13. The Labute approximate surface area is 117 Å². The summed E-state index contributed by atoms with van der Waals surface area (Å²) in [4.78, 5) is 0. The average molecular weight is 315 g/mol. The van der Waals surface area contributed by atoms with Crippen LogP contribution in [-0.2, 0) is 6.18 Å². The van der Waals surface area contributed by atoms with Crippen molar-refractivity contribution in [1.82, 2.24) is 5.32 Å². The molecule has 0 heterocycles. The minimum atomic E-state index is -4.50. The maximum atomic E-state index is 12.5. The molecule has 0 aromatic heterocycles. The Morgan fingerprint density at radius 1 is 1.10 bits per heavy atom. The van der Waals surface area contributed by atoms with E-state index in [0.717, 1.165) is 12.1 Å². The van der Waals surface area contributed by atoms with E-state index < -0.39 is 30.4 Å². The fraction of sp³-hybridized carbons (Fsp3) is 0.538. The largest absolute Gasteiger partial charge is 0.416 e. The van der Waals surface area contributed by atoms with Gasteiger partial charge in [-0.25, -0.2) is 0 Å². The van der Waals surface area contributed by atoms with Gasteiger partial charge in [-0.15, -0.1) is 0 Å². The second-order valence-electron chi connectivity index (χ2n) is 4.56. The fourth-order valence-corrected chi connectivity index (χ4v) is 1.69. The predicted octanol–water partition coefficient (Wildman–Crippen LogP) is 3.67. The van der Waals surface area contributed by atoms with E-state index in [1.165, 1.54) is 12.1 Å². The zero-order valence-corrected chi connectivity index (χ0v) is 10.9. The summed E-state index contributed by atoms with van der Waals surface area (Å²) >= 11 is 0.